The third-order valence-electron chi connectivity index (χ3n) is 5.21. The molecule has 2 aromatic carbocycles. The number of aryl methyl sites for hydroxylation is 1. The number of benzene rings is 2. The summed E-state index contributed by atoms with van der Waals surface area (Å²) in [6, 6.07) is 17.1. The molecule has 2 amide bonds. The fraction of sp³-hybridized carbons (Fsp3) is 0.261. The van der Waals surface area contributed by atoms with E-state index in [0.29, 0.717) is 31.1 Å². The van der Waals surface area contributed by atoms with Gasteiger partial charge < -0.3 is 15.0 Å². The molecule has 1 aliphatic rings. The number of fused-ring (bicyclic) bond motifs is 1. The van der Waals surface area contributed by atoms with Gasteiger partial charge in [0.1, 0.15) is 11.4 Å². The number of methoxy groups -OCH3 is 1. The summed E-state index contributed by atoms with van der Waals surface area (Å²) in [5, 5.41) is 7.26. The number of nitrogens with zero attached hydrogens (tertiary/aromatic N) is 3. The topological polar surface area (TPSA) is 76.5 Å². The summed E-state index contributed by atoms with van der Waals surface area (Å²) in [6.07, 6.45) is 0.781. The first-order valence-electron chi connectivity index (χ1n) is 10.1. The van der Waals surface area contributed by atoms with Crippen LogP contribution in [0.1, 0.15) is 38.5 Å². The highest BCUT2D eigenvalue weighted by Gasteiger charge is 2.26. The molecule has 8 heteroatoms. The van der Waals surface area contributed by atoms with Crippen LogP contribution in [0.2, 0.25) is 0 Å². The van der Waals surface area contributed by atoms with Crippen molar-refractivity contribution in [3.63, 3.8) is 0 Å². The first kappa shape index (κ1) is 21.1. The average Bonchev–Trinajstić information content (AvgIpc) is 3.15. The maximum absolute atomic E-state index is 13.1. The summed E-state index contributed by atoms with van der Waals surface area (Å²) in [5.74, 6) is 0.252. The SMILES string of the molecule is COc1ccc(Br)cc1CNC(=O)c1cc2n(n1)CCCN(Cc1ccccc1)C2=O. The number of nitrogens with one attached hydrogen (secondary N) is 1. The van der Waals surface area contributed by atoms with Crippen molar-refractivity contribution in [3.8, 4) is 5.75 Å². The van der Waals surface area contributed by atoms with E-state index >= 15 is 0 Å². The fourth-order valence-electron chi connectivity index (χ4n) is 3.65. The van der Waals surface area contributed by atoms with Crippen molar-refractivity contribution in [1.29, 1.82) is 0 Å². The molecule has 0 unspecified atom stereocenters. The first-order chi connectivity index (χ1) is 15.0. The van der Waals surface area contributed by atoms with Crippen molar-refractivity contribution in [3.05, 3.63) is 81.6 Å². The lowest BCUT2D eigenvalue weighted by Gasteiger charge is -2.20. The maximum atomic E-state index is 13.1. The Balaban J connectivity index is 1.48. The summed E-state index contributed by atoms with van der Waals surface area (Å²) >= 11 is 3.43. The van der Waals surface area contributed by atoms with E-state index in [-0.39, 0.29) is 24.1 Å². The lowest BCUT2D eigenvalue weighted by Crippen LogP contribution is -2.30. The molecule has 31 heavy (non-hydrogen) atoms. The highest BCUT2D eigenvalue weighted by molar-refractivity contribution is 9.10. The highest BCUT2D eigenvalue weighted by Crippen LogP contribution is 2.23. The zero-order valence-corrected chi connectivity index (χ0v) is 18.8. The predicted molar refractivity (Wildman–Crippen MR) is 120 cm³/mol. The number of halogens is 1. The van der Waals surface area contributed by atoms with E-state index < -0.39 is 0 Å². The van der Waals surface area contributed by atoms with Gasteiger partial charge in [-0.3, -0.25) is 14.3 Å². The summed E-state index contributed by atoms with van der Waals surface area (Å²) < 4.78 is 7.89. The standard InChI is InChI=1S/C23H23BrN4O3/c1-31-21-9-8-18(24)12-17(21)14-25-22(29)19-13-20-23(30)27(10-5-11-28(20)26-19)15-16-6-3-2-4-7-16/h2-4,6-9,12-13H,5,10-11,14-15H2,1H3,(H,25,29). The van der Waals surface area contributed by atoms with E-state index in [9.17, 15) is 9.59 Å². The van der Waals surface area contributed by atoms with Crippen LogP contribution in [0.4, 0.5) is 0 Å². The number of hydrogen-bond acceptors (Lipinski definition) is 4. The van der Waals surface area contributed by atoms with Crippen LogP contribution in [0.3, 0.4) is 0 Å². The average molecular weight is 483 g/mol. The van der Waals surface area contributed by atoms with E-state index in [2.05, 4.69) is 26.3 Å². The predicted octanol–water partition coefficient (Wildman–Crippen LogP) is 3.63. The van der Waals surface area contributed by atoms with E-state index in [0.717, 1.165) is 22.0 Å². The van der Waals surface area contributed by atoms with E-state index in [1.54, 1.807) is 17.9 Å². The summed E-state index contributed by atoms with van der Waals surface area (Å²) in [4.78, 5) is 27.6. The van der Waals surface area contributed by atoms with E-state index in [1.165, 1.54) is 0 Å². The van der Waals surface area contributed by atoms with E-state index in [4.69, 9.17) is 4.74 Å². The van der Waals surface area contributed by atoms with Gasteiger partial charge in [-0.05, 0) is 30.2 Å². The van der Waals surface area contributed by atoms with Gasteiger partial charge >= 0.3 is 0 Å². The lowest BCUT2D eigenvalue weighted by atomic mass is 10.2. The fourth-order valence-corrected chi connectivity index (χ4v) is 4.06. The number of aromatic nitrogens is 2. The van der Waals surface area contributed by atoms with Gasteiger partial charge in [-0.1, -0.05) is 46.3 Å². The Kier molecular flexibility index (Phi) is 6.36. The molecule has 1 N–H and O–H groups in total. The van der Waals surface area contributed by atoms with E-state index in [1.807, 2.05) is 53.4 Å². The minimum atomic E-state index is -0.329. The molecule has 0 atom stereocenters. The number of hydrogen-bond donors (Lipinski definition) is 1. The van der Waals surface area contributed by atoms with Gasteiger partial charge in [-0.15, -0.1) is 0 Å². The number of ether oxygens (including phenoxy) is 1. The molecule has 4 rings (SSSR count). The third-order valence-corrected chi connectivity index (χ3v) is 5.71. The second kappa shape index (κ2) is 9.34. The van der Waals surface area contributed by atoms with Gasteiger partial charge in [0.25, 0.3) is 11.8 Å². The van der Waals surface area contributed by atoms with Crippen molar-refractivity contribution in [2.24, 2.45) is 0 Å². The molecule has 0 bridgehead atoms. The monoisotopic (exact) mass is 482 g/mol. The van der Waals surface area contributed by atoms with Crippen LogP contribution in [0.5, 0.6) is 5.75 Å². The maximum Gasteiger partial charge on any atom is 0.272 e. The zero-order valence-electron chi connectivity index (χ0n) is 17.2. The first-order valence-corrected chi connectivity index (χ1v) is 10.9. The molecule has 0 radical (unpaired) electrons. The number of rotatable bonds is 6. The molecule has 1 aliphatic heterocycles. The number of carbonyl (C=O) groups is 2. The van der Waals surface area contributed by atoms with Crippen molar-refractivity contribution in [2.75, 3.05) is 13.7 Å². The minimum Gasteiger partial charge on any atom is -0.496 e. The second-order valence-corrected chi connectivity index (χ2v) is 8.26. The van der Waals surface area contributed by atoms with Gasteiger partial charge in [-0.25, -0.2) is 0 Å². The molecule has 0 saturated heterocycles. The number of carbonyl (C=O) groups excluding carboxylic acids is 2. The van der Waals surface area contributed by atoms with Crippen LogP contribution in [-0.4, -0.2) is 40.1 Å². The van der Waals surface area contributed by atoms with Gasteiger partial charge in [0.15, 0.2) is 5.69 Å². The normalized spacial score (nSPS) is 13.5. The van der Waals surface area contributed by atoms with Crippen LogP contribution in [0.15, 0.2) is 59.1 Å². The Morgan fingerprint density at radius 3 is 2.74 bits per heavy atom. The molecule has 0 aliphatic carbocycles. The van der Waals surface area contributed by atoms with Crippen LogP contribution in [0, 0.1) is 0 Å². The van der Waals surface area contributed by atoms with Crippen LogP contribution in [-0.2, 0) is 19.6 Å². The van der Waals surface area contributed by atoms with Gasteiger partial charge in [0, 0.05) is 42.3 Å². The van der Waals surface area contributed by atoms with Crippen LogP contribution < -0.4 is 10.1 Å². The van der Waals surface area contributed by atoms with Crippen molar-refractivity contribution < 1.29 is 14.3 Å². The molecule has 0 fully saturated rings. The Hall–Kier alpha value is -3.13. The Labute approximate surface area is 189 Å². The van der Waals surface area contributed by atoms with Crippen LogP contribution in [0.25, 0.3) is 0 Å². The Bertz CT molecular complexity index is 1100. The second-order valence-electron chi connectivity index (χ2n) is 7.34. The van der Waals surface area contributed by atoms with Crippen LogP contribution >= 0.6 is 15.9 Å². The summed E-state index contributed by atoms with van der Waals surface area (Å²) in [5.41, 5.74) is 2.60. The molecule has 0 spiro atoms. The smallest absolute Gasteiger partial charge is 0.272 e. The highest BCUT2D eigenvalue weighted by atomic mass is 79.9. The summed E-state index contributed by atoms with van der Waals surface area (Å²) in [7, 11) is 1.59. The van der Waals surface area contributed by atoms with Gasteiger partial charge in [-0.2, -0.15) is 5.10 Å². The molecule has 160 valence electrons. The molecule has 7 nitrogen and oxygen atoms in total. The van der Waals surface area contributed by atoms with Gasteiger partial charge in [0.2, 0.25) is 0 Å². The number of amides is 2. The third kappa shape index (κ3) is 4.80. The van der Waals surface area contributed by atoms with Gasteiger partial charge in [0.05, 0.1) is 7.11 Å². The molecular weight excluding hydrogens is 460 g/mol. The van der Waals surface area contributed by atoms with Crippen molar-refractivity contribution in [1.82, 2.24) is 20.0 Å². The Morgan fingerprint density at radius 2 is 1.97 bits per heavy atom. The Morgan fingerprint density at radius 1 is 1.16 bits per heavy atom. The lowest BCUT2D eigenvalue weighted by molar-refractivity contribution is 0.0745. The summed E-state index contributed by atoms with van der Waals surface area (Å²) in [6.45, 7) is 2.08. The quantitative estimate of drug-likeness (QED) is 0.581. The molecule has 2 heterocycles. The zero-order chi connectivity index (χ0) is 21.8. The minimum absolute atomic E-state index is 0.110. The van der Waals surface area contributed by atoms with Crippen molar-refractivity contribution in [2.45, 2.75) is 26.1 Å². The molecular formula is C23H23BrN4O3. The molecule has 3 aromatic rings. The molecule has 0 saturated carbocycles. The molecule has 1 aromatic heterocycles. The largest absolute Gasteiger partial charge is 0.496 e. The van der Waals surface area contributed by atoms with Crippen molar-refractivity contribution >= 4 is 27.7 Å².